The van der Waals surface area contributed by atoms with Gasteiger partial charge in [0.2, 0.25) is 6.29 Å². The van der Waals surface area contributed by atoms with Crippen molar-refractivity contribution < 1.29 is 44.9 Å². The van der Waals surface area contributed by atoms with E-state index in [-0.39, 0.29) is 17.1 Å². The molecule has 3 rings (SSSR count). The van der Waals surface area contributed by atoms with Gasteiger partial charge in [-0.05, 0) is 35.9 Å². The maximum absolute atomic E-state index is 12.2. The number of aliphatic hydroxyl groups is 4. The molecule has 0 radical (unpaired) electrons. The van der Waals surface area contributed by atoms with Gasteiger partial charge in [0, 0.05) is 6.07 Å². The fraction of sp³-hybridized carbons (Fsp3) is 0.286. The van der Waals surface area contributed by atoms with Crippen molar-refractivity contribution in [3.63, 3.8) is 0 Å². The van der Waals surface area contributed by atoms with Crippen molar-refractivity contribution in [1.29, 1.82) is 0 Å². The van der Waals surface area contributed by atoms with Crippen LogP contribution in [0.3, 0.4) is 0 Å². The van der Waals surface area contributed by atoms with E-state index in [2.05, 4.69) is 0 Å². The third-order valence-electron chi connectivity index (χ3n) is 4.65. The van der Waals surface area contributed by atoms with E-state index in [4.69, 9.17) is 9.47 Å². The molecule has 0 spiro atoms. The van der Waals surface area contributed by atoms with Crippen LogP contribution in [0.2, 0.25) is 0 Å². The smallest absolute Gasteiger partial charge is 0.229 e. The zero-order chi connectivity index (χ0) is 21.8. The predicted octanol–water partition coefficient (Wildman–Crippen LogP) is 0.173. The summed E-state index contributed by atoms with van der Waals surface area (Å²) < 4.78 is 10.8. The summed E-state index contributed by atoms with van der Waals surface area (Å²) in [5, 5.41) is 57.8. The number of hydrogen-bond donors (Lipinski definition) is 6. The molecule has 2 aromatic carbocycles. The number of allylic oxidation sites excluding steroid dienone is 1. The Balaban J connectivity index is 1.65. The lowest BCUT2D eigenvalue weighted by Gasteiger charge is -2.39. The number of rotatable bonds is 6. The Kier molecular flexibility index (Phi) is 6.70. The summed E-state index contributed by atoms with van der Waals surface area (Å²) in [6.45, 7) is -0.556. The van der Waals surface area contributed by atoms with Gasteiger partial charge in [-0.3, -0.25) is 4.79 Å². The summed E-state index contributed by atoms with van der Waals surface area (Å²) in [5.74, 6) is -0.635. The molecule has 2 aromatic rings. The summed E-state index contributed by atoms with van der Waals surface area (Å²) in [7, 11) is 0. The van der Waals surface area contributed by atoms with Crippen LogP contribution in [0, 0.1) is 0 Å². The number of ether oxygens (including phenoxy) is 2. The number of benzene rings is 2. The van der Waals surface area contributed by atoms with Gasteiger partial charge in [-0.1, -0.05) is 18.2 Å². The zero-order valence-corrected chi connectivity index (χ0v) is 15.7. The Morgan fingerprint density at radius 2 is 1.70 bits per heavy atom. The highest BCUT2D eigenvalue weighted by Gasteiger charge is 2.44. The fourth-order valence-electron chi connectivity index (χ4n) is 2.95. The van der Waals surface area contributed by atoms with Crippen molar-refractivity contribution in [1.82, 2.24) is 0 Å². The summed E-state index contributed by atoms with van der Waals surface area (Å²) in [6.07, 6.45) is -4.10. The van der Waals surface area contributed by atoms with Crippen molar-refractivity contribution in [2.45, 2.75) is 30.7 Å². The summed E-state index contributed by atoms with van der Waals surface area (Å²) >= 11 is 0. The van der Waals surface area contributed by atoms with Crippen molar-refractivity contribution in [3.05, 3.63) is 59.7 Å². The third-order valence-corrected chi connectivity index (χ3v) is 4.65. The quantitative estimate of drug-likeness (QED) is 0.284. The normalized spacial score (nSPS) is 26.6. The van der Waals surface area contributed by atoms with Gasteiger partial charge < -0.3 is 40.1 Å². The number of aromatic hydroxyl groups is 2. The van der Waals surface area contributed by atoms with Crippen LogP contribution in [0.1, 0.15) is 15.9 Å². The van der Waals surface area contributed by atoms with E-state index in [9.17, 15) is 35.4 Å². The Morgan fingerprint density at radius 3 is 2.33 bits per heavy atom. The second-order valence-corrected chi connectivity index (χ2v) is 6.78. The van der Waals surface area contributed by atoms with Crippen LogP contribution in [0.25, 0.3) is 6.08 Å². The van der Waals surface area contributed by atoms with Gasteiger partial charge >= 0.3 is 0 Å². The standard InChI is InChI=1S/C21H22O9/c22-10-17-18(26)19(27)20(28)21(30-17)29-13-5-1-11(2-6-13)3-8-15(24)14-7-4-12(23)9-16(14)25/h1-9,17-23,25-28H,10H2/t17-,18+,19+,20-,21+/m0/s1. The van der Waals surface area contributed by atoms with Crippen molar-refractivity contribution in [2.75, 3.05) is 6.61 Å². The Morgan fingerprint density at radius 1 is 1.00 bits per heavy atom. The molecule has 0 bridgehead atoms. The molecule has 0 aliphatic carbocycles. The average molecular weight is 418 g/mol. The maximum atomic E-state index is 12.2. The third kappa shape index (κ3) is 4.78. The minimum Gasteiger partial charge on any atom is -0.508 e. The SMILES string of the molecule is O=C(C=Cc1ccc(O[C@@H]2O[C@@H](CO)[C@@H](O)[C@@H](O)[C@@H]2O)cc1)c1ccc(O)cc1O. The number of ketones is 1. The molecule has 160 valence electrons. The Labute approximate surface area is 171 Å². The molecule has 1 heterocycles. The highest BCUT2D eigenvalue weighted by Crippen LogP contribution is 2.25. The van der Waals surface area contributed by atoms with Gasteiger partial charge in [0.15, 0.2) is 5.78 Å². The molecular formula is C21H22O9. The first-order chi connectivity index (χ1) is 14.3. The maximum Gasteiger partial charge on any atom is 0.229 e. The van der Waals surface area contributed by atoms with Crippen molar-refractivity contribution in [2.24, 2.45) is 0 Å². The predicted molar refractivity (Wildman–Crippen MR) is 104 cm³/mol. The molecule has 0 aromatic heterocycles. The van der Waals surface area contributed by atoms with Crippen LogP contribution < -0.4 is 4.74 Å². The van der Waals surface area contributed by atoms with Gasteiger partial charge in [-0.15, -0.1) is 0 Å². The monoisotopic (exact) mass is 418 g/mol. The Hall–Kier alpha value is -2.95. The van der Waals surface area contributed by atoms with E-state index in [1.807, 2.05) is 0 Å². The number of phenols is 2. The van der Waals surface area contributed by atoms with Gasteiger partial charge in [0.25, 0.3) is 0 Å². The van der Waals surface area contributed by atoms with E-state index in [1.54, 1.807) is 24.3 Å². The van der Waals surface area contributed by atoms with E-state index < -0.39 is 43.1 Å². The van der Waals surface area contributed by atoms with E-state index in [1.165, 1.54) is 24.3 Å². The second kappa shape index (κ2) is 9.24. The number of carbonyl (C=O) groups is 1. The number of carbonyl (C=O) groups excluding carboxylic acids is 1. The van der Waals surface area contributed by atoms with Gasteiger partial charge in [0.05, 0.1) is 12.2 Å². The van der Waals surface area contributed by atoms with Gasteiger partial charge in [-0.2, -0.15) is 0 Å². The molecule has 1 aliphatic rings. The summed E-state index contributed by atoms with van der Waals surface area (Å²) in [4.78, 5) is 12.2. The molecule has 1 fully saturated rings. The fourth-order valence-corrected chi connectivity index (χ4v) is 2.95. The molecule has 9 nitrogen and oxygen atoms in total. The molecule has 0 amide bonds. The molecule has 9 heteroatoms. The number of hydrogen-bond acceptors (Lipinski definition) is 9. The topological polar surface area (TPSA) is 157 Å². The highest BCUT2D eigenvalue weighted by molar-refractivity contribution is 6.08. The highest BCUT2D eigenvalue weighted by atomic mass is 16.7. The van der Waals surface area contributed by atoms with Crippen LogP contribution in [0.5, 0.6) is 17.2 Å². The van der Waals surface area contributed by atoms with E-state index >= 15 is 0 Å². The van der Waals surface area contributed by atoms with Crippen molar-refractivity contribution >= 4 is 11.9 Å². The molecule has 5 atom stereocenters. The molecule has 30 heavy (non-hydrogen) atoms. The molecular weight excluding hydrogens is 396 g/mol. The minimum absolute atomic E-state index is 0.0478. The lowest BCUT2D eigenvalue weighted by Crippen LogP contribution is -2.60. The molecule has 0 unspecified atom stereocenters. The molecule has 1 aliphatic heterocycles. The zero-order valence-electron chi connectivity index (χ0n) is 15.7. The van der Waals surface area contributed by atoms with Crippen LogP contribution in [-0.2, 0) is 4.74 Å². The van der Waals surface area contributed by atoms with E-state index in [0.717, 1.165) is 6.07 Å². The van der Waals surface area contributed by atoms with Crippen LogP contribution >= 0.6 is 0 Å². The first-order valence-corrected chi connectivity index (χ1v) is 9.12. The average Bonchev–Trinajstić information content (AvgIpc) is 2.73. The lowest BCUT2D eigenvalue weighted by molar-refractivity contribution is -0.277. The molecule has 6 N–H and O–H groups in total. The lowest BCUT2D eigenvalue weighted by atomic mass is 9.99. The van der Waals surface area contributed by atoms with Crippen LogP contribution in [0.4, 0.5) is 0 Å². The molecule has 1 saturated heterocycles. The first kappa shape index (κ1) is 21.8. The van der Waals surface area contributed by atoms with Crippen LogP contribution in [-0.4, -0.2) is 73.7 Å². The Bertz CT molecular complexity index is 907. The largest absolute Gasteiger partial charge is 0.508 e. The molecule has 0 saturated carbocycles. The second-order valence-electron chi connectivity index (χ2n) is 6.78. The first-order valence-electron chi connectivity index (χ1n) is 9.12. The minimum atomic E-state index is -1.54. The van der Waals surface area contributed by atoms with Gasteiger partial charge in [0.1, 0.15) is 41.7 Å². The van der Waals surface area contributed by atoms with Crippen LogP contribution in [0.15, 0.2) is 48.5 Å². The van der Waals surface area contributed by atoms with Crippen molar-refractivity contribution in [3.8, 4) is 17.2 Å². The van der Waals surface area contributed by atoms with Gasteiger partial charge in [-0.25, -0.2) is 0 Å². The summed E-state index contributed by atoms with van der Waals surface area (Å²) in [6, 6.07) is 10.0. The number of aliphatic hydroxyl groups excluding tert-OH is 4. The van der Waals surface area contributed by atoms with E-state index in [0.29, 0.717) is 11.3 Å². The summed E-state index contributed by atoms with van der Waals surface area (Å²) in [5.41, 5.74) is 0.689. The number of phenolic OH excluding ortho intramolecular Hbond substituents is 2.